The quantitative estimate of drug-likeness (QED) is 0.461. The fourth-order valence-electron chi connectivity index (χ4n) is 4.11. The number of methoxy groups -OCH3 is 1. The Bertz CT molecular complexity index is 1060. The van der Waals surface area contributed by atoms with Crippen molar-refractivity contribution in [2.45, 2.75) is 31.6 Å². The molecule has 2 atom stereocenters. The predicted octanol–water partition coefficient (Wildman–Crippen LogP) is 4.95. The first-order valence-corrected chi connectivity index (χ1v) is 11.5. The first-order chi connectivity index (χ1) is 16.1. The molecule has 0 aliphatic carbocycles. The molecule has 0 radical (unpaired) electrons. The van der Waals surface area contributed by atoms with Gasteiger partial charge in [-0.3, -0.25) is 4.90 Å². The Morgan fingerprint density at radius 3 is 2.58 bits per heavy atom. The van der Waals surface area contributed by atoms with Crippen molar-refractivity contribution in [1.29, 1.82) is 0 Å². The third-order valence-electron chi connectivity index (χ3n) is 5.70. The second-order valence-corrected chi connectivity index (χ2v) is 8.80. The Balaban J connectivity index is 1.42. The minimum absolute atomic E-state index is 0.0785. The van der Waals surface area contributed by atoms with E-state index in [1.807, 2.05) is 72.8 Å². The maximum absolute atomic E-state index is 10.8. The summed E-state index contributed by atoms with van der Waals surface area (Å²) < 4.78 is 5.38. The number of aliphatic hydroxyl groups is 1. The molecule has 0 saturated heterocycles. The number of hydrogen-bond acceptors (Lipinski definition) is 5. The Morgan fingerprint density at radius 1 is 1.06 bits per heavy atom. The molecule has 0 spiro atoms. The van der Waals surface area contributed by atoms with Crippen LogP contribution in [0.5, 0.6) is 5.75 Å². The van der Waals surface area contributed by atoms with Gasteiger partial charge in [-0.1, -0.05) is 71.4 Å². The van der Waals surface area contributed by atoms with E-state index in [9.17, 15) is 5.11 Å². The summed E-state index contributed by atoms with van der Waals surface area (Å²) in [5.41, 5.74) is 4.18. The molecular weight excluding hydrogens is 436 g/mol. The van der Waals surface area contributed by atoms with Gasteiger partial charge in [-0.15, -0.1) is 0 Å². The minimum Gasteiger partial charge on any atom is -0.497 e. The zero-order valence-electron chi connectivity index (χ0n) is 18.7. The van der Waals surface area contributed by atoms with Crippen molar-refractivity contribution < 1.29 is 14.7 Å². The Kier molecular flexibility index (Phi) is 8.00. The molecule has 1 heterocycles. The normalized spacial score (nSPS) is 16.4. The number of aliphatic hydroxyl groups excluding tert-OH is 1. The fraction of sp³-hybridized carbons (Fsp3) is 0.296. The number of benzene rings is 3. The summed E-state index contributed by atoms with van der Waals surface area (Å²) in [6.07, 6.45) is 0.750. The second kappa shape index (κ2) is 11.3. The molecule has 3 aromatic carbocycles. The summed E-state index contributed by atoms with van der Waals surface area (Å²) in [6.45, 7) is 1.87. The zero-order valence-corrected chi connectivity index (χ0v) is 19.5. The molecular formula is C27H29ClN2O3. The third-order valence-corrected chi connectivity index (χ3v) is 5.95. The topological polar surface area (TPSA) is 54.3 Å². The standard InChI is InChI=1S/C27H29ClN2O3/c1-32-25-9-5-8-21(15-25)17-30(18-24(31)14-20-6-3-2-4-7-20)19-26-16-27(29-33-26)22-10-12-23(28)13-11-22/h2-13,15,24,26,31H,14,16-19H2,1H3. The number of halogens is 1. The van der Waals surface area contributed by atoms with Crippen LogP contribution in [0.15, 0.2) is 84.0 Å². The van der Waals surface area contributed by atoms with E-state index in [1.165, 1.54) is 0 Å². The molecule has 6 heteroatoms. The van der Waals surface area contributed by atoms with Gasteiger partial charge in [-0.2, -0.15) is 0 Å². The van der Waals surface area contributed by atoms with Crippen LogP contribution in [-0.4, -0.2) is 48.1 Å². The minimum atomic E-state index is -0.490. The van der Waals surface area contributed by atoms with E-state index < -0.39 is 6.10 Å². The van der Waals surface area contributed by atoms with Crippen LogP contribution in [-0.2, 0) is 17.8 Å². The lowest BCUT2D eigenvalue weighted by molar-refractivity contribution is 0.0322. The maximum Gasteiger partial charge on any atom is 0.145 e. The molecule has 0 amide bonds. The summed E-state index contributed by atoms with van der Waals surface area (Å²) in [5, 5.41) is 15.8. The van der Waals surface area contributed by atoms with E-state index in [4.69, 9.17) is 21.2 Å². The average Bonchev–Trinajstić information content (AvgIpc) is 3.28. The van der Waals surface area contributed by atoms with Crippen molar-refractivity contribution in [3.05, 3.63) is 101 Å². The molecule has 1 N–H and O–H groups in total. The third kappa shape index (κ3) is 6.81. The highest BCUT2D eigenvalue weighted by molar-refractivity contribution is 6.30. The van der Waals surface area contributed by atoms with Crippen molar-refractivity contribution in [3.8, 4) is 5.75 Å². The molecule has 0 fully saturated rings. The number of hydrogen-bond donors (Lipinski definition) is 1. The lowest BCUT2D eigenvalue weighted by Crippen LogP contribution is -2.38. The lowest BCUT2D eigenvalue weighted by Gasteiger charge is -2.27. The van der Waals surface area contributed by atoms with Gasteiger partial charge in [0.05, 0.1) is 18.9 Å². The highest BCUT2D eigenvalue weighted by atomic mass is 35.5. The van der Waals surface area contributed by atoms with Gasteiger partial charge in [0, 0.05) is 31.1 Å². The summed E-state index contributed by atoms with van der Waals surface area (Å²) in [7, 11) is 1.67. The smallest absolute Gasteiger partial charge is 0.145 e. The SMILES string of the molecule is COc1cccc(CN(CC(O)Cc2ccccc2)CC2CC(c3ccc(Cl)cc3)=NO2)c1. The van der Waals surface area contributed by atoms with Crippen LogP contribution in [0, 0.1) is 0 Å². The van der Waals surface area contributed by atoms with Gasteiger partial charge in [0.25, 0.3) is 0 Å². The molecule has 0 bridgehead atoms. The molecule has 3 aromatic rings. The van der Waals surface area contributed by atoms with Crippen molar-refractivity contribution in [2.24, 2.45) is 5.16 Å². The van der Waals surface area contributed by atoms with E-state index in [2.05, 4.69) is 16.1 Å². The number of nitrogens with zero attached hydrogens (tertiary/aromatic N) is 2. The van der Waals surface area contributed by atoms with E-state index in [0.29, 0.717) is 37.5 Å². The average molecular weight is 465 g/mol. The summed E-state index contributed by atoms with van der Waals surface area (Å²) >= 11 is 6.01. The molecule has 2 unspecified atom stereocenters. The van der Waals surface area contributed by atoms with Gasteiger partial charge >= 0.3 is 0 Å². The molecule has 172 valence electrons. The van der Waals surface area contributed by atoms with Gasteiger partial charge in [-0.25, -0.2) is 0 Å². The van der Waals surface area contributed by atoms with Gasteiger partial charge < -0.3 is 14.7 Å². The van der Waals surface area contributed by atoms with Gasteiger partial charge in [0.2, 0.25) is 0 Å². The molecule has 1 aliphatic rings. The summed E-state index contributed by atoms with van der Waals surface area (Å²) in [4.78, 5) is 8.00. The van der Waals surface area contributed by atoms with Crippen LogP contribution < -0.4 is 4.74 Å². The molecule has 0 saturated carbocycles. The Morgan fingerprint density at radius 2 is 1.82 bits per heavy atom. The largest absolute Gasteiger partial charge is 0.497 e. The lowest BCUT2D eigenvalue weighted by atomic mass is 10.0. The summed E-state index contributed by atoms with van der Waals surface area (Å²) in [5.74, 6) is 0.822. The number of ether oxygens (including phenoxy) is 1. The second-order valence-electron chi connectivity index (χ2n) is 8.37. The van der Waals surface area contributed by atoms with Gasteiger partial charge in [-0.05, 0) is 47.4 Å². The van der Waals surface area contributed by atoms with Crippen LogP contribution in [0.1, 0.15) is 23.1 Å². The Labute approximate surface area is 200 Å². The van der Waals surface area contributed by atoms with Crippen LogP contribution >= 0.6 is 11.6 Å². The van der Waals surface area contributed by atoms with Gasteiger partial charge in [0.1, 0.15) is 11.9 Å². The number of oxime groups is 1. The first-order valence-electron chi connectivity index (χ1n) is 11.1. The van der Waals surface area contributed by atoms with Crippen LogP contribution in [0.2, 0.25) is 5.02 Å². The Hall–Kier alpha value is -2.86. The highest BCUT2D eigenvalue weighted by Gasteiger charge is 2.26. The molecule has 1 aliphatic heterocycles. The zero-order chi connectivity index (χ0) is 23.0. The monoisotopic (exact) mass is 464 g/mol. The van der Waals surface area contributed by atoms with Crippen LogP contribution in [0.25, 0.3) is 0 Å². The summed E-state index contributed by atoms with van der Waals surface area (Å²) in [6, 6.07) is 25.7. The first kappa shape index (κ1) is 23.3. The van der Waals surface area contributed by atoms with E-state index >= 15 is 0 Å². The van der Waals surface area contributed by atoms with Crippen molar-refractivity contribution >= 4 is 17.3 Å². The van der Waals surface area contributed by atoms with Crippen LogP contribution in [0.3, 0.4) is 0 Å². The van der Waals surface area contributed by atoms with Crippen molar-refractivity contribution in [1.82, 2.24) is 4.90 Å². The molecule has 5 nitrogen and oxygen atoms in total. The van der Waals surface area contributed by atoms with Gasteiger partial charge in [0.15, 0.2) is 0 Å². The van der Waals surface area contributed by atoms with Crippen molar-refractivity contribution in [3.63, 3.8) is 0 Å². The van der Waals surface area contributed by atoms with E-state index in [0.717, 1.165) is 28.2 Å². The predicted molar refractivity (Wildman–Crippen MR) is 132 cm³/mol. The van der Waals surface area contributed by atoms with E-state index in [-0.39, 0.29) is 6.10 Å². The molecule has 4 rings (SSSR count). The van der Waals surface area contributed by atoms with Crippen molar-refractivity contribution in [2.75, 3.05) is 20.2 Å². The fourth-order valence-corrected chi connectivity index (χ4v) is 4.23. The molecule has 0 aromatic heterocycles. The molecule has 33 heavy (non-hydrogen) atoms. The number of rotatable bonds is 10. The van der Waals surface area contributed by atoms with Crippen LogP contribution in [0.4, 0.5) is 0 Å². The maximum atomic E-state index is 10.8. The van der Waals surface area contributed by atoms with E-state index in [1.54, 1.807) is 7.11 Å². The highest BCUT2D eigenvalue weighted by Crippen LogP contribution is 2.21.